The number of nitrogens with one attached hydrogen (secondary N) is 1. The van der Waals surface area contributed by atoms with E-state index in [1.54, 1.807) is 19.0 Å². The van der Waals surface area contributed by atoms with Gasteiger partial charge in [0.2, 0.25) is 11.8 Å². The van der Waals surface area contributed by atoms with Crippen molar-refractivity contribution in [2.75, 3.05) is 20.6 Å². The van der Waals surface area contributed by atoms with Crippen molar-refractivity contribution in [1.29, 1.82) is 0 Å². The third-order valence-corrected chi connectivity index (χ3v) is 3.61. The molecule has 0 aromatic heterocycles. The zero-order valence-electron chi connectivity index (χ0n) is 12.0. The van der Waals surface area contributed by atoms with E-state index in [2.05, 4.69) is 5.32 Å². The summed E-state index contributed by atoms with van der Waals surface area (Å²) >= 11 is 0. The maximum absolute atomic E-state index is 11.9. The van der Waals surface area contributed by atoms with Crippen LogP contribution in [0.4, 0.5) is 0 Å². The smallest absolute Gasteiger partial charge is 0.225 e. The van der Waals surface area contributed by atoms with Crippen molar-refractivity contribution in [2.24, 2.45) is 17.6 Å². The number of carbonyl (C=O) groups is 2. The van der Waals surface area contributed by atoms with E-state index in [0.29, 0.717) is 6.54 Å². The van der Waals surface area contributed by atoms with Crippen LogP contribution < -0.4 is 11.1 Å². The Kier molecular flexibility index (Phi) is 8.02. The lowest BCUT2D eigenvalue weighted by Gasteiger charge is -2.31. The minimum Gasteiger partial charge on any atom is -0.353 e. The molecule has 0 saturated heterocycles. The van der Waals surface area contributed by atoms with Crippen LogP contribution >= 0.6 is 12.4 Å². The van der Waals surface area contributed by atoms with Crippen molar-refractivity contribution in [3.63, 3.8) is 0 Å². The molecule has 0 heterocycles. The van der Waals surface area contributed by atoms with E-state index < -0.39 is 0 Å². The molecule has 0 aromatic carbocycles. The van der Waals surface area contributed by atoms with Crippen molar-refractivity contribution in [3.05, 3.63) is 0 Å². The molecule has 3 unspecified atom stereocenters. The van der Waals surface area contributed by atoms with Gasteiger partial charge in [-0.3, -0.25) is 9.59 Å². The highest BCUT2D eigenvalue weighted by molar-refractivity contribution is 5.85. The molecule has 112 valence electrons. The molecule has 0 aromatic rings. The summed E-state index contributed by atoms with van der Waals surface area (Å²) in [6, 6.07) is 0.120. The predicted molar refractivity (Wildman–Crippen MR) is 78.0 cm³/mol. The van der Waals surface area contributed by atoms with Crippen LogP contribution in [-0.2, 0) is 9.59 Å². The van der Waals surface area contributed by atoms with Gasteiger partial charge in [0.25, 0.3) is 0 Å². The Hall–Kier alpha value is -0.810. The lowest BCUT2D eigenvalue weighted by atomic mass is 9.84. The van der Waals surface area contributed by atoms with E-state index in [0.717, 1.165) is 25.7 Å². The second kappa shape index (κ2) is 8.38. The van der Waals surface area contributed by atoms with Gasteiger partial charge in [0.15, 0.2) is 0 Å². The maximum atomic E-state index is 11.9. The summed E-state index contributed by atoms with van der Waals surface area (Å²) in [6.45, 7) is 2.18. The van der Waals surface area contributed by atoms with Gasteiger partial charge in [-0.05, 0) is 19.3 Å². The summed E-state index contributed by atoms with van der Waals surface area (Å²) in [7, 11) is 3.56. The van der Waals surface area contributed by atoms with Crippen molar-refractivity contribution in [3.8, 4) is 0 Å². The van der Waals surface area contributed by atoms with E-state index in [9.17, 15) is 9.59 Å². The molecule has 1 aliphatic carbocycles. The molecule has 1 aliphatic rings. The summed E-state index contributed by atoms with van der Waals surface area (Å²) in [5.41, 5.74) is 5.47. The van der Waals surface area contributed by atoms with Gasteiger partial charge in [-0.2, -0.15) is 0 Å². The SMILES string of the molecule is CC(CN)C(=O)NC1CCCC(C(=O)N(C)C)C1.Cl. The molecule has 0 radical (unpaired) electrons. The number of nitrogens with two attached hydrogens (primary N) is 1. The van der Waals surface area contributed by atoms with Crippen molar-refractivity contribution >= 4 is 24.2 Å². The number of hydrogen-bond acceptors (Lipinski definition) is 3. The van der Waals surface area contributed by atoms with Gasteiger partial charge >= 0.3 is 0 Å². The van der Waals surface area contributed by atoms with E-state index in [4.69, 9.17) is 5.73 Å². The summed E-state index contributed by atoms with van der Waals surface area (Å²) in [5, 5.41) is 3.00. The minimum absolute atomic E-state index is 0. The highest BCUT2D eigenvalue weighted by Crippen LogP contribution is 2.25. The molecule has 19 heavy (non-hydrogen) atoms. The largest absolute Gasteiger partial charge is 0.353 e. The monoisotopic (exact) mass is 291 g/mol. The van der Waals surface area contributed by atoms with E-state index in [1.165, 1.54) is 0 Å². The normalized spacial score (nSPS) is 24.0. The lowest BCUT2D eigenvalue weighted by molar-refractivity contribution is -0.135. The van der Waals surface area contributed by atoms with Crippen LogP contribution in [0.25, 0.3) is 0 Å². The van der Waals surface area contributed by atoms with Crippen LogP contribution in [0.1, 0.15) is 32.6 Å². The summed E-state index contributed by atoms with van der Waals surface area (Å²) in [4.78, 5) is 25.3. The topological polar surface area (TPSA) is 75.4 Å². The molecule has 3 N–H and O–H groups in total. The fourth-order valence-corrected chi connectivity index (χ4v) is 2.36. The van der Waals surface area contributed by atoms with Gasteiger partial charge < -0.3 is 16.0 Å². The van der Waals surface area contributed by atoms with Crippen molar-refractivity contribution < 1.29 is 9.59 Å². The lowest BCUT2D eigenvalue weighted by Crippen LogP contribution is -2.44. The van der Waals surface area contributed by atoms with Crippen LogP contribution in [-0.4, -0.2) is 43.4 Å². The third kappa shape index (κ3) is 5.37. The minimum atomic E-state index is -0.157. The van der Waals surface area contributed by atoms with E-state index in [1.807, 2.05) is 6.92 Å². The quantitative estimate of drug-likeness (QED) is 0.803. The first-order chi connectivity index (χ1) is 8.45. The molecule has 6 heteroatoms. The van der Waals surface area contributed by atoms with Crippen LogP contribution in [0, 0.1) is 11.8 Å². The number of carbonyl (C=O) groups excluding carboxylic acids is 2. The number of hydrogen-bond donors (Lipinski definition) is 2. The average molecular weight is 292 g/mol. The first-order valence-electron chi connectivity index (χ1n) is 6.67. The third-order valence-electron chi connectivity index (χ3n) is 3.61. The average Bonchev–Trinajstić information content (AvgIpc) is 2.36. The fraction of sp³-hybridized carbons (Fsp3) is 0.846. The highest BCUT2D eigenvalue weighted by Gasteiger charge is 2.29. The fourth-order valence-electron chi connectivity index (χ4n) is 2.36. The van der Waals surface area contributed by atoms with Crippen molar-refractivity contribution in [1.82, 2.24) is 10.2 Å². The zero-order valence-corrected chi connectivity index (χ0v) is 12.8. The molecule has 3 atom stereocenters. The Labute approximate surface area is 121 Å². The summed E-state index contributed by atoms with van der Waals surface area (Å²) < 4.78 is 0. The van der Waals surface area contributed by atoms with Crippen LogP contribution in [0.2, 0.25) is 0 Å². The first-order valence-corrected chi connectivity index (χ1v) is 6.67. The predicted octanol–water partition coefficient (Wildman–Crippen LogP) is 0.766. The Morgan fingerprint density at radius 2 is 2.00 bits per heavy atom. The van der Waals surface area contributed by atoms with Gasteiger partial charge in [0, 0.05) is 38.5 Å². The van der Waals surface area contributed by atoms with Gasteiger partial charge in [0.1, 0.15) is 0 Å². The van der Waals surface area contributed by atoms with Gasteiger partial charge in [-0.15, -0.1) is 12.4 Å². The van der Waals surface area contributed by atoms with E-state index in [-0.39, 0.29) is 42.1 Å². The summed E-state index contributed by atoms with van der Waals surface area (Å²) in [5.74, 6) is 0.0587. The second-order valence-electron chi connectivity index (χ2n) is 5.44. The molecule has 0 bridgehead atoms. The Morgan fingerprint density at radius 1 is 1.37 bits per heavy atom. The van der Waals surface area contributed by atoms with Gasteiger partial charge in [-0.1, -0.05) is 13.3 Å². The molecule has 1 fully saturated rings. The molecule has 2 amide bonds. The number of rotatable bonds is 4. The standard InChI is InChI=1S/C13H25N3O2.ClH/c1-9(8-14)12(17)15-11-6-4-5-10(7-11)13(18)16(2)3;/h9-11H,4-8,14H2,1-3H3,(H,15,17);1H. The van der Waals surface area contributed by atoms with E-state index >= 15 is 0 Å². The molecular weight excluding hydrogens is 266 g/mol. The number of nitrogens with zero attached hydrogens (tertiary/aromatic N) is 1. The van der Waals surface area contributed by atoms with Crippen LogP contribution in [0.5, 0.6) is 0 Å². The first kappa shape index (κ1) is 18.2. The Balaban J connectivity index is 0.00000324. The molecule has 5 nitrogen and oxygen atoms in total. The maximum Gasteiger partial charge on any atom is 0.225 e. The van der Waals surface area contributed by atoms with Gasteiger partial charge in [0.05, 0.1) is 0 Å². The Morgan fingerprint density at radius 3 is 2.53 bits per heavy atom. The second-order valence-corrected chi connectivity index (χ2v) is 5.44. The molecule has 1 rings (SSSR count). The molecule has 0 spiro atoms. The zero-order chi connectivity index (χ0) is 13.7. The van der Waals surface area contributed by atoms with Crippen LogP contribution in [0.15, 0.2) is 0 Å². The number of halogens is 1. The Bertz CT molecular complexity index is 310. The number of amides is 2. The van der Waals surface area contributed by atoms with Crippen LogP contribution in [0.3, 0.4) is 0 Å². The highest BCUT2D eigenvalue weighted by atomic mass is 35.5. The molecule has 1 saturated carbocycles. The molecular formula is C13H26ClN3O2. The van der Waals surface area contributed by atoms with Crippen molar-refractivity contribution in [2.45, 2.75) is 38.6 Å². The van der Waals surface area contributed by atoms with Gasteiger partial charge in [-0.25, -0.2) is 0 Å². The molecule has 0 aliphatic heterocycles. The summed E-state index contributed by atoms with van der Waals surface area (Å²) in [6.07, 6.45) is 3.63.